The predicted octanol–water partition coefficient (Wildman–Crippen LogP) is -1.92. The fraction of sp³-hybridized carbons (Fsp3) is 1.00. The number of hydrogen-bond acceptors (Lipinski definition) is 5. The van der Waals surface area contributed by atoms with E-state index in [1.165, 1.54) is 13.8 Å². The van der Waals surface area contributed by atoms with E-state index in [0.717, 1.165) is 0 Å². The van der Waals surface area contributed by atoms with Crippen molar-refractivity contribution in [1.29, 1.82) is 0 Å². The van der Waals surface area contributed by atoms with Crippen LogP contribution >= 0.6 is 0 Å². The lowest BCUT2D eigenvalue weighted by atomic mass is 9.95. The Balaban J connectivity index is 4.15. The van der Waals surface area contributed by atoms with Gasteiger partial charge >= 0.3 is 0 Å². The van der Waals surface area contributed by atoms with Crippen LogP contribution in [0.1, 0.15) is 13.8 Å². The van der Waals surface area contributed by atoms with Gasteiger partial charge in [0.25, 0.3) is 0 Å². The molecule has 0 rings (SSSR count). The lowest BCUT2D eigenvalue weighted by Crippen LogP contribution is -2.46. The van der Waals surface area contributed by atoms with E-state index in [-0.39, 0.29) is 6.61 Å². The van der Waals surface area contributed by atoms with Gasteiger partial charge in [0.05, 0.1) is 12.2 Å². The van der Waals surface area contributed by atoms with E-state index in [1.54, 1.807) is 0 Å². The maximum absolute atomic E-state index is 9.32. The average Bonchev–Trinajstić information content (AvgIpc) is 2.12. The number of rotatable bonds is 5. The number of hydrogen-bond donors (Lipinski definition) is 5. The Bertz CT molecular complexity index is 138. The molecule has 5 N–H and O–H groups in total. The summed E-state index contributed by atoms with van der Waals surface area (Å²) in [5.74, 6) is -0.539. The molecule has 0 amide bonds. The van der Waals surface area contributed by atoms with E-state index in [4.69, 9.17) is 15.3 Å². The molecule has 0 aromatic rings. The van der Waals surface area contributed by atoms with Crippen molar-refractivity contribution in [1.82, 2.24) is 0 Å². The lowest BCUT2D eigenvalue weighted by Gasteiger charge is -2.27. The van der Waals surface area contributed by atoms with E-state index < -0.39 is 30.3 Å². The molecule has 0 aliphatic heterocycles. The van der Waals surface area contributed by atoms with E-state index >= 15 is 0 Å². The molecule has 0 radical (unpaired) electrons. The van der Waals surface area contributed by atoms with Crippen LogP contribution in [0.25, 0.3) is 0 Å². The Morgan fingerprint density at radius 3 is 1.62 bits per heavy atom. The first kappa shape index (κ1) is 12.8. The van der Waals surface area contributed by atoms with Gasteiger partial charge in [-0.1, -0.05) is 6.92 Å². The van der Waals surface area contributed by atoms with Gasteiger partial charge in [-0.05, 0) is 6.92 Å². The van der Waals surface area contributed by atoms with Crippen molar-refractivity contribution in [3.8, 4) is 0 Å². The highest BCUT2D eigenvalue weighted by Gasteiger charge is 2.30. The smallest absolute Gasteiger partial charge is 0.109 e. The van der Waals surface area contributed by atoms with Gasteiger partial charge in [0.1, 0.15) is 12.2 Å². The maximum Gasteiger partial charge on any atom is 0.109 e. The average molecular weight is 194 g/mol. The molecule has 80 valence electrons. The van der Waals surface area contributed by atoms with Gasteiger partial charge in [-0.3, -0.25) is 0 Å². The van der Waals surface area contributed by atoms with Gasteiger partial charge in [-0.15, -0.1) is 0 Å². The zero-order valence-corrected chi connectivity index (χ0v) is 7.83. The molecule has 5 heteroatoms. The first-order valence-corrected chi connectivity index (χ1v) is 4.25. The minimum absolute atomic E-state index is 0.287. The first-order chi connectivity index (χ1) is 5.91. The van der Waals surface area contributed by atoms with Crippen molar-refractivity contribution in [3.63, 3.8) is 0 Å². The molecular weight excluding hydrogens is 176 g/mol. The molecule has 1 unspecified atom stereocenters. The fourth-order valence-corrected chi connectivity index (χ4v) is 0.932. The van der Waals surface area contributed by atoms with E-state index in [0.29, 0.717) is 0 Å². The normalized spacial score (nSPS) is 23.3. The van der Waals surface area contributed by atoms with Gasteiger partial charge in [-0.2, -0.15) is 0 Å². The van der Waals surface area contributed by atoms with Crippen LogP contribution < -0.4 is 0 Å². The summed E-state index contributed by atoms with van der Waals surface area (Å²) in [4.78, 5) is 0. The molecule has 0 saturated heterocycles. The highest BCUT2D eigenvalue weighted by atomic mass is 16.4. The zero-order valence-electron chi connectivity index (χ0n) is 7.83. The van der Waals surface area contributed by atoms with Gasteiger partial charge in [0, 0.05) is 12.5 Å². The van der Waals surface area contributed by atoms with E-state index in [9.17, 15) is 10.2 Å². The second-order valence-electron chi connectivity index (χ2n) is 3.37. The molecule has 5 atom stereocenters. The van der Waals surface area contributed by atoms with Crippen LogP contribution in [0, 0.1) is 5.92 Å². The molecule has 0 aromatic heterocycles. The van der Waals surface area contributed by atoms with Crippen LogP contribution in [0.2, 0.25) is 0 Å². The fourth-order valence-electron chi connectivity index (χ4n) is 0.932. The minimum atomic E-state index is -1.44. The number of aliphatic hydroxyl groups excluding tert-OH is 5. The summed E-state index contributed by atoms with van der Waals surface area (Å²) in [7, 11) is 0. The van der Waals surface area contributed by atoms with Crippen LogP contribution in [0.4, 0.5) is 0 Å². The Labute approximate surface area is 77.3 Å². The molecule has 0 spiro atoms. The third-order valence-electron chi connectivity index (χ3n) is 2.07. The van der Waals surface area contributed by atoms with E-state index in [2.05, 4.69) is 0 Å². The quantitative estimate of drug-likeness (QED) is 0.351. The van der Waals surface area contributed by atoms with Crippen molar-refractivity contribution in [2.24, 2.45) is 5.92 Å². The molecule has 0 aliphatic rings. The molecule has 0 aliphatic carbocycles. The molecule has 0 fully saturated rings. The van der Waals surface area contributed by atoms with Crippen LogP contribution in [-0.2, 0) is 0 Å². The summed E-state index contributed by atoms with van der Waals surface area (Å²) >= 11 is 0. The minimum Gasteiger partial charge on any atom is -0.396 e. The first-order valence-electron chi connectivity index (χ1n) is 4.25. The largest absolute Gasteiger partial charge is 0.396 e. The summed E-state index contributed by atoms with van der Waals surface area (Å²) in [5.41, 5.74) is 0. The summed E-state index contributed by atoms with van der Waals surface area (Å²) in [5, 5.41) is 45.3. The molecule has 0 aromatic carbocycles. The molecule has 0 saturated carbocycles. The Morgan fingerprint density at radius 2 is 1.31 bits per heavy atom. The highest BCUT2D eigenvalue weighted by Crippen LogP contribution is 2.11. The van der Waals surface area contributed by atoms with Crippen LogP contribution in [0.3, 0.4) is 0 Å². The van der Waals surface area contributed by atoms with Crippen LogP contribution in [-0.4, -0.2) is 56.6 Å². The molecule has 13 heavy (non-hydrogen) atoms. The Kier molecular flexibility index (Phi) is 5.43. The molecule has 5 nitrogen and oxygen atoms in total. The number of aliphatic hydroxyl groups is 5. The van der Waals surface area contributed by atoms with Crippen LogP contribution in [0.15, 0.2) is 0 Å². The van der Waals surface area contributed by atoms with Crippen molar-refractivity contribution in [2.45, 2.75) is 38.3 Å². The summed E-state index contributed by atoms with van der Waals surface area (Å²) in [6, 6.07) is 0. The van der Waals surface area contributed by atoms with Gasteiger partial charge < -0.3 is 25.5 Å². The van der Waals surface area contributed by atoms with Gasteiger partial charge in [0.2, 0.25) is 0 Å². The molecule has 0 heterocycles. The zero-order chi connectivity index (χ0) is 10.6. The SMILES string of the molecule is CC(O)[C@H](O)[C@@H](O)[C@H](O)[C@H](C)CO. The molecule has 0 bridgehead atoms. The summed E-state index contributed by atoms with van der Waals surface area (Å²) in [6.45, 7) is 2.55. The lowest BCUT2D eigenvalue weighted by molar-refractivity contribution is -0.117. The monoisotopic (exact) mass is 194 g/mol. The van der Waals surface area contributed by atoms with Crippen molar-refractivity contribution < 1.29 is 25.5 Å². The van der Waals surface area contributed by atoms with Crippen molar-refractivity contribution >= 4 is 0 Å². The van der Waals surface area contributed by atoms with Crippen molar-refractivity contribution in [3.05, 3.63) is 0 Å². The third kappa shape index (κ3) is 3.58. The van der Waals surface area contributed by atoms with Crippen molar-refractivity contribution in [2.75, 3.05) is 6.61 Å². The second kappa shape index (κ2) is 5.51. The topological polar surface area (TPSA) is 101 Å². The Hall–Kier alpha value is -0.200. The maximum atomic E-state index is 9.32. The summed E-state index contributed by atoms with van der Waals surface area (Å²) in [6.07, 6.45) is -5.20. The van der Waals surface area contributed by atoms with Gasteiger partial charge in [0.15, 0.2) is 0 Å². The second-order valence-corrected chi connectivity index (χ2v) is 3.37. The van der Waals surface area contributed by atoms with E-state index in [1.807, 2.05) is 0 Å². The third-order valence-corrected chi connectivity index (χ3v) is 2.07. The standard InChI is InChI=1S/C8H18O5/c1-4(3-9)6(11)8(13)7(12)5(2)10/h4-13H,3H2,1-2H3/t4-,5?,6-,7+,8+/m1/s1. The van der Waals surface area contributed by atoms with Gasteiger partial charge in [-0.25, -0.2) is 0 Å². The Morgan fingerprint density at radius 1 is 0.846 bits per heavy atom. The summed E-state index contributed by atoms with van der Waals surface area (Å²) < 4.78 is 0. The highest BCUT2D eigenvalue weighted by molar-refractivity contribution is 4.81. The van der Waals surface area contributed by atoms with Crippen LogP contribution in [0.5, 0.6) is 0 Å². The predicted molar refractivity (Wildman–Crippen MR) is 46.0 cm³/mol. The molecular formula is C8H18O5.